The molecule has 6 heteroatoms. The molecule has 0 unspecified atom stereocenters. The highest BCUT2D eigenvalue weighted by Gasteiger charge is 2.31. The fourth-order valence-electron chi connectivity index (χ4n) is 3.40. The van der Waals surface area contributed by atoms with Gasteiger partial charge in [-0.15, -0.1) is 0 Å². The molecule has 2 amide bonds. The van der Waals surface area contributed by atoms with Crippen molar-refractivity contribution >= 4 is 34.7 Å². The van der Waals surface area contributed by atoms with Crippen molar-refractivity contribution in [2.75, 3.05) is 41.7 Å². The normalized spacial score (nSPS) is 17.8. The summed E-state index contributed by atoms with van der Waals surface area (Å²) in [6, 6.07) is 15.7. The van der Waals surface area contributed by atoms with Gasteiger partial charge in [0.1, 0.15) is 0 Å². The Balaban J connectivity index is 1.30. The number of rotatable bonds is 4. The van der Waals surface area contributed by atoms with Crippen LogP contribution in [0.2, 0.25) is 5.02 Å². The van der Waals surface area contributed by atoms with Crippen molar-refractivity contribution in [1.29, 1.82) is 0 Å². The maximum absolute atomic E-state index is 12.1. The maximum atomic E-state index is 12.1. The van der Waals surface area contributed by atoms with Crippen molar-refractivity contribution in [3.05, 3.63) is 53.6 Å². The van der Waals surface area contributed by atoms with Gasteiger partial charge in [-0.2, -0.15) is 0 Å². The van der Waals surface area contributed by atoms with E-state index in [0.29, 0.717) is 10.7 Å². The summed E-state index contributed by atoms with van der Waals surface area (Å²) in [6.07, 6.45) is 2.75. The zero-order chi connectivity index (χ0) is 17.9. The van der Waals surface area contributed by atoms with Gasteiger partial charge in [-0.05, 0) is 55.3 Å². The molecule has 26 heavy (non-hydrogen) atoms. The monoisotopic (exact) mass is 370 g/mol. The highest BCUT2D eigenvalue weighted by Crippen LogP contribution is 2.28. The summed E-state index contributed by atoms with van der Waals surface area (Å²) in [7, 11) is 0. The number of hydrogen-bond acceptors (Lipinski definition) is 3. The Labute approximate surface area is 158 Å². The molecule has 0 aromatic heterocycles. The van der Waals surface area contributed by atoms with Crippen molar-refractivity contribution in [2.45, 2.75) is 18.9 Å². The van der Waals surface area contributed by atoms with Crippen LogP contribution in [-0.4, -0.2) is 43.2 Å². The van der Waals surface area contributed by atoms with Crippen LogP contribution in [-0.2, 0) is 0 Å². The first kappa shape index (κ1) is 17.2. The van der Waals surface area contributed by atoms with Crippen molar-refractivity contribution in [2.24, 2.45) is 0 Å². The molecular weight excluding hydrogens is 348 g/mol. The number of hydrogen-bond donors (Lipinski definition) is 2. The van der Waals surface area contributed by atoms with E-state index in [4.69, 9.17) is 11.6 Å². The quantitative estimate of drug-likeness (QED) is 0.845. The van der Waals surface area contributed by atoms with E-state index in [1.165, 1.54) is 18.5 Å². The lowest BCUT2D eigenvalue weighted by molar-refractivity contribution is 0.248. The van der Waals surface area contributed by atoms with Gasteiger partial charge in [0.05, 0.1) is 0 Å². The lowest BCUT2D eigenvalue weighted by Crippen LogP contribution is -2.47. The minimum absolute atomic E-state index is 0.280. The van der Waals surface area contributed by atoms with Crippen LogP contribution >= 0.6 is 11.6 Å². The van der Waals surface area contributed by atoms with Crippen LogP contribution in [0.3, 0.4) is 0 Å². The van der Waals surface area contributed by atoms with Crippen LogP contribution < -0.4 is 15.5 Å². The smallest absolute Gasteiger partial charge is 0.323 e. The summed E-state index contributed by atoms with van der Waals surface area (Å²) in [5, 5.41) is 6.22. The summed E-state index contributed by atoms with van der Waals surface area (Å²) in [4.78, 5) is 17.1. The Morgan fingerprint density at radius 1 is 0.923 bits per heavy atom. The molecule has 1 saturated carbocycles. The third kappa shape index (κ3) is 4.29. The predicted molar refractivity (Wildman–Crippen MR) is 107 cm³/mol. The minimum atomic E-state index is -0.280. The van der Waals surface area contributed by atoms with Gasteiger partial charge in [0, 0.05) is 54.3 Å². The SMILES string of the molecule is O=C(Nc1ccc(N2CCN(C3CC3)CC2)cc1)Nc1cccc(Cl)c1. The zero-order valence-electron chi connectivity index (χ0n) is 14.6. The molecule has 1 aliphatic carbocycles. The van der Waals surface area contributed by atoms with Gasteiger partial charge < -0.3 is 15.5 Å². The van der Waals surface area contributed by atoms with E-state index in [1.807, 2.05) is 12.1 Å². The zero-order valence-corrected chi connectivity index (χ0v) is 15.4. The van der Waals surface area contributed by atoms with Crippen LogP contribution in [0, 0.1) is 0 Å². The van der Waals surface area contributed by atoms with Gasteiger partial charge in [-0.1, -0.05) is 17.7 Å². The van der Waals surface area contributed by atoms with Crippen LogP contribution in [0.25, 0.3) is 0 Å². The summed E-state index contributed by atoms with van der Waals surface area (Å²) in [5.41, 5.74) is 2.64. The molecule has 2 fully saturated rings. The summed E-state index contributed by atoms with van der Waals surface area (Å²) in [5.74, 6) is 0. The number of carbonyl (C=O) groups excluding carboxylic acids is 1. The Hall–Kier alpha value is -2.24. The predicted octanol–water partition coefficient (Wildman–Crippen LogP) is 4.27. The van der Waals surface area contributed by atoms with Gasteiger partial charge in [-0.3, -0.25) is 4.90 Å². The Morgan fingerprint density at radius 3 is 2.27 bits per heavy atom. The number of nitrogens with one attached hydrogen (secondary N) is 2. The van der Waals surface area contributed by atoms with E-state index in [-0.39, 0.29) is 6.03 Å². The second kappa shape index (κ2) is 7.56. The molecule has 1 saturated heterocycles. The van der Waals surface area contributed by atoms with Gasteiger partial charge in [0.2, 0.25) is 0 Å². The van der Waals surface area contributed by atoms with Gasteiger partial charge in [0.25, 0.3) is 0 Å². The standard InChI is InChI=1S/C20H23ClN4O/c21-15-2-1-3-17(14-15)23-20(26)22-16-4-6-18(7-5-16)24-10-12-25(13-11-24)19-8-9-19/h1-7,14,19H,8-13H2,(H2,22,23,26). The molecule has 0 radical (unpaired) electrons. The molecule has 1 heterocycles. The van der Waals surface area contributed by atoms with Crippen molar-refractivity contribution < 1.29 is 4.79 Å². The average Bonchev–Trinajstić information content (AvgIpc) is 3.48. The van der Waals surface area contributed by atoms with Gasteiger partial charge in [-0.25, -0.2) is 4.79 Å². The molecule has 4 rings (SSSR count). The lowest BCUT2D eigenvalue weighted by Gasteiger charge is -2.36. The number of amides is 2. The van der Waals surface area contributed by atoms with E-state index in [2.05, 4.69) is 32.6 Å². The van der Waals surface area contributed by atoms with Crippen LogP contribution in [0.5, 0.6) is 0 Å². The van der Waals surface area contributed by atoms with E-state index in [9.17, 15) is 4.79 Å². The van der Waals surface area contributed by atoms with Gasteiger partial charge >= 0.3 is 6.03 Å². The molecule has 0 atom stereocenters. The first-order chi connectivity index (χ1) is 12.7. The fourth-order valence-corrected chi connectivity index (χ4v) is 3.59. The van der Waals surface area contributed by atoms with Crippen LogP contribution in [0.4, 0.5) is 21.9 Å². The number of anilines is 3. The van der Waals surface area contributed by atoms with E-state index in [0.717, 1.165) is 37.9 Å². The molecule has 0 bridgehead atoms. The topological polar surface area (TPSA) is 47.6 Å². The van der Waals surface area contributed by atoms with Crippen LogP contribution in [0.15, 0.2) is 48.5 Å². The number of carbonyl (C=O) groups is 1. The molecule has 2 aromatic rings. The van der Waals surface area contributed by atoms with E-state index < -0.39 is 0 Å². The molecule has 2 aromatic carbocycles. The third-order valence-electron chi connectivity index (χ3n) is 4.95. The Kier molecular flexibility index (Phi) is 5.00. The summed E-state index contributed by atoms with van der Waals surface area (Å²) < 4.78 is 0. The van der Waals surface area contributed by atoms with Crippen molar-refractivity contribution in [1.82, 2.24) is 4.90 Å². The van der Waals surface area contributed by atoms with E-state index >= 15 is 0 Å². The molecule has 0 spiro atoms. The number of halogens is 1. The molecule has 5 nitrogen and oxygen atoms in total. The molecule has 2 N–H and O–H groups in total. The third-order valence-corrected chi connectivity index (χ3v) is 5.19. The molecule has 2 aliphatic rings. The number of piperazine rings is 1. The van der Waals surface area contributed by atoms with Crippen molar-refractivity contribution in [3.63, 3.8) is 0 Å². The maximum Gasteiger partial charge on any atom is 0.323 e. The Morgan fingerprint density at radius 2 is 1.62 bits per heavy atom. The second-order valence-corrected chi connectivity index (χ2v) is 7.33. The summed E-state index contributed by atoms with van der Waals surface area (Å²) >= 11 is 5.93. The second-order valence-electron chi connectivity index (χ2n) is 6.89. The highest BCUT2D eigenvalue weighted by molar-refractivity contribution is 6.30. The first-order valence-corrected chi connectivity index (χ1v) is 9.48. The average molecular weight is 371 g/mol. The highest BCUT2D eigenvalue weighted by atomic mass is 35.5. The largest absolute Gasteiger partial charge is 0.369 e. The molecule has 136 valence electrons. The fraction of sp³-hybridized carbons (Fsp3) is 0.350. The lowest BCUT2D eigenvalue weighted by atomic mass is 10.2. The van der Waals surface area contributed by atoms with Crippen molar-refractivity contribution in [3.8, 4) is 0 Å². The van der Waals surface area contributed by atoms with Gasteiger partial charge in [0.15, 0.2) is 0 Å². The molecule has 1 aliphatic heterocycles. The summed E-state index contributed by atoms with van der Waals surface area (Å²) in [6.45, 7) is 4.43. The number of urea groups is 1. The molecular formula is C20H23ClN4O. The first-order valence-electron chi connectivity index (χ1n) is 9.10. The Bertz CT molecular complexity index is 768. The number of benzene rings is 2. The minimum Gasteiger partial charge on any atom is -0.369 e. The van der Waals surface area contributed by atoms with Crippen LogP contribution in [0.1, 0.15) is 12.8 Å². The van der Waals surface area contributed by atoms with E-state index in [1.54, 1.807) is 24.3 Å². The number of nitrogens with zero attached hydrogens (tertiary/aromatic N) is 2.